The lowest BCUT2D eigenvalue weighted by Crippen LogP contribution is -2.01. The second kappa shape index (κ2) is 6.44. The molecule has 0 heterocycles. The Kier molecular flexibility index (Phi) is 5.20. The topological polar surface area (TPSA) is 37.3 Å². The predicted octanol–water partition coefficient (Wildman–Crippen LogP) is 2.69. The Hall–Kier alpha value is -1.15. The third-order valence-corrected chi connectivity index (χ3v) is 2.85. The molecular weight excluding hydrogens is 200 g/mol. The molecule has 2 atom stereocenters. The zero-order chi connectivity index (χ0) is 12.0. The highest BCUT2D eigenvalue weighted by molar-refractivity contribution is 5.51. The number of hydrogen-bond acceptors (Lipinski definition) is 2. The first-order valence-electron chi connectivity index (χ1n) is 5.84. The minimum Gasteiger partial charge on any atom is -0.393 e. The van der Waals surface area contributed by atoms with E-state index in [0.29, 0.717) is 12.3 Å². The van der Waals surface area contributed by atoms with Gasteiger partial charge >= 0.3 is 0 Å². The van der Waals surface area contributed by atoms with Gasteiger partial charge in [-0.3, -0.25) is 0 Å². The zero-order valence-electron chi connectivity index (χ0n) is 10.0. The van der Waals surface area contributed by atoms with E-state index in [1.54, 1.807) is 6.92 Å². The molecule has 2 nitrogen and oxygen atoms in total. The normalized spacial score (nSPS) is 14.4. The summed E-state index contributed by atoms with van der Waals surface area (Å²) in [6.07, 6.45) is 3.00. The van der Waals surface area contributed by atoms with E-state index in [2.05, 4.69) is 31.2 Å². The molecule has 0 amide bonds. The molecule has 1 aromatic carbocycles. The molecule has 0 aliphatic heterocycles. The number of benzene rings is 1. The molecule has 1 N–H and O–H groups in total. The van der Waals surface area contributed by atoms with E-state index < -0.39 is 0 Å². The molecule has 0 bridgehead atoms. The van der Waals surface area contributed by atoms with Gasteiger partial charge in [0.15, 0.2) is 0 Å². The van der Waals surface area contributed by atoms with Crippen molar-refractivity contribution < 1.29 is 9.90 Å². The van der Waals surface area contributed by atoms with Crippen molar-refractivity contribution in [1.29, 1.82) is 0 Å². The van der Waals surface area contributed by atoms with Crippen LogP contribution in [-0.4, -0.2) is 17.5 Å². The molecule has 0 spiro atoms. The van der Waals surface area contributed by atoms with E-state index in [1.807, 2.05) is 0 Å². The lowest BCUT2D eigenvalue weighted by molar-refractivity contribution is -0.108. The quantitative estimate of drug-likeness (QED) is 0.748. The molecule has 0 saturated carbocycles. The number of aryl methyl sites for hydroxylation is 1. The van der Waals surface area contributed by atoms with E-state index in [4.69, 9.17) is 0 Å². The lowest BCUT2D eigenvalue weighted by Gasteiger charge is -2.09. The van der Waals surface area contributed by atoms with Gasteiger partial charge in [-0.25, -0.2) is 0 Å². The molecule has 2 heteroatoms. The highest BCUT2D eigenvalue weighted by Crippen LogP contribution is 2.18. The average Bonchev–Trinajstić information content (AvgIpc) is 2.27. The van der Waals surface area contributed by atoms with E-state index in [0.717, 1.165) is 19.1 Å². The largest absolute Gasteiger partial charge is 0.393 e. The number of carbonyl (C=O) groups excluding carboxylic acids is 1. The molecule has 1 rings (SSSR count). The fourth-order valence-electron chi connectivity index (χ4n) is 1.67. The number of carbonyl (C=O) groups is 1. The summed E-state index contributed by atoms with van der Waals surface area (Å²) in [4.78, 5) is 10.4. The maximum absolute atomic E-state index is 10.4. The van der Waals surface area contributed by atoms with Crippen LogP contribution in [-0.2, 0) is 11.2 Å². The molecule has 0 saturated heterocycles. The summed E-state index contributed by atoms with van der Waals surface area (Å²) < 4.78 is 0. The number of aliphatic hydroxyl groups excluding tert-OH is 1. The van der Waals surface area contributed by atoms with Crippen LogP contribution in [0, 0.1) is 0 Å². The monoisotopic (exact) mass is 220 g/mol. The van der Waals surface area contributed by atoms with Crippen LogP contribution < -0.4 is 0 Å². The molecule has 88 valence electrons. The van der Waals surface area contributed by atoms with E-state index in [9.17, 15) is 9.90 Å². The molecule has 0 radical (unpaired) electrons. The van der Waals surface area contributed by atoms with Crippen molar-refractivity contribution in [2.24, 2.45) is 0 Å². The summed E-state index contributed by atoms with van der Waals surface area (Å²) in [5.74, 6) is 0.295. The second-order valence-corrected chi connectivity index (χ2v) is 4.43. The first-order chi connectivity index (χ1) is 7.63. The zero-order valence-corrected chi connectivity index (χ0v) is 10.0. The first-order valence-corrected chi connectivity index (χ1v) is 5.84. The van der Waals surface area contributed by atoms with Crippen LogP contribution >= 0.6 is 0 Å². The van der Waals surface area contributed by atoms with Crippen LogP contribution in [0.2, 0.25) is 0 Å². The fourth-order valence-corrected chi connectivity index (χ4v) is 1.67. The van der Waals surface area contributed by atoms with Crippen molar-refractivity contribution in [2.75, 3.05) is 0 Å². The van der Waals surface area contributed by atoms with Crippen LogP contribution in [0.25, 0.3) is 0 Å². The lowest BCUT2D eigenvalue weighted by atomic mass is 9.96. The van der Waals surface area contributed by atoms with E-state index in [1.165, 1.54) is 11.1 Å². The Labute approximate surface area is 97.3 Å². The highest BCUT2D eigenvalue weighted by Gasteiger charge is 2.04. The second-order valence-electron chi connectivity index (χ2n) is 4.43. The van der Waals surface area contributed by atoms with Gasteiger partial charge in [-0.05, 0) is 36.8 Å². The fraction of sp³-hybridized carbons (Fsp3) is 0.500. The van der Waals surface area contributed by atoms with Gasteiger partial charge in [0.05, 0.1) is 6.10 Å². The third-order valence-electron chi connectivity index (χ3n) is 2.85. The molecule has 1 aromatic rings. The summed E-state index contributed by atoms with van der Waals surface area (Å²) in [6.45, 7) is 3.86. The van der Waals surface area contributed by atoms with Crippen molar-refractivity contribution in [1.82, 2.24) is 0 Å². The van der Waals surface area contributed by atoms with Crippen molar-refractivity contribution in [3.05, 3.63) is 35.4 Å². The standard InChI is InChI=1S/C14H20O2/c1-11(9-10-15)14-7-5-13(6-8-14)4-3-12(2)16/h5-8,10-12,16H,3-4,9H2,1-2H3. The van der Waals surface area contributed by atoms with Crippen LogP contribution in [0.3, 0.4) is 0 Å². The van der Waals surface area contributed by atoms with Crippen molar-refractivity contribution in [3.8, 4) is 0 Å². The number of hydrogen-bond donors (Lipinski definition) is 1. The summed E-state index contributed by atoms with van der Waals surface area (Å²) in [5, 5.41) is 9.19. The summed E-state index contributed by atoms with van der Waals surface area (Å²) >= 11 is 0. The molecule has 0 fully saturated rings. The van der Waals surface area contributed by atoms with E-state index >= 15 is 0 Å². The molecule has 0 aromatic heterocycles. The van der Waals surface area contributed by atoms with Crippen LogP contribution in [0.5, 0.6) is 0 Å². The van der Waals surface area contributed by atoms with Gasteiger partial charge in [0.1, 0.15) is 6.29 Å². The van der Waals surface area contributed by atoms with Gasteiger partial charge in [0.2, 0.25) is 0 Å². The SMILES string of the molecule is CC(O)CCc1ccc(C(C)CC=O)cc1. The van der Waals surface area contributed by atoms with Crippen molar-refractivity contribution >= 4 is 6.29 Å². The van der Waals surface area contributed by atoms with Gasteiger partial charge in [0.25, 0.3) is 0 Å². The molecule has 16 heavy (non-hydrogen) atoms. The van der Waals surface area contributed by atoms with Gasteiger partial charge < -0.3 is 9.90 Å². The minimum absolute atomic E-state index is 0.242. The molecule has 2 unspecified atom stereocenters. The molecular formula is C14H20O2. The number of rotatable bonds is 6. The first kappa shape index (κ1) is 12.9. The smallest absolute Gasteiger partial charge is 0.120 e. The van der Waals surface area contributed by atoms with E-state index in [-0.39, 0.29) is 6.10 Å². The minimum atomic E-state index is -0.242. The van der Waals surface area contributed by atoms with Crippen molar-refractivity contribution in [3.63, 3.8) is 0 Å². The maximum Gasteiger partial charge on any atom is 0.120 e. The Morgan fingerprint density at radius 1 is 1.25 bits per heavy atom. The Balaban J connectivity index is 2.56. The van der Waals surface area contributed by atoms with Crippen molar-refractivity contribution in [2.45, 2.75) is 45.1 Å². The summed E-state index contributed by atoms with van der Waals surface area (Å²) in [7, 11) is 0. The maximum atomic E-state index is 10.4. The average molecular weight is 220 g/mol. The van der Waals surface area contributed by atoms with Gasteiger partial charge in [0, 0.05) is 6.42 Å². The van der Waals surface area contributed by atoms with Gasteiger partial charge in [-0.2, -0.15) is 0 Å². The predicted molar refractivity (Wildman–Crippen MR) is 65.5 cm³/mol. The number of aliphatic hydroxyl groups is 1. The van der Waals surface area contributed by atoms with Gasteiger partial charge in [-0.1, -0.05) is 31.2 Å². The summed E-state index contributed by atoms with van der Waals surface area (Å²) in [5.41, 5.74) is 2.44. The summed E-state index contributed by atoms with van der Waals surface area (Å²) in [6, 6.07) is 8.31. The molecule has 0 aliphatic carbocycles. The van der Waals surface area contributed by atoms with Crippen LogP contribution in [0.15, 0.2) is 24.3 Å². The van der Waals surface area contributed by atoms with Crippen LogP contribution in [0.1, 0.15) is 43.7 Å². The Morgan fingerprint density at radius 3 is 2.38 bits per heavy atom. The number of aldehydes is 1. The Morgan fingerprint density at radius 2 is 1.88 bits per heavy atom. The highest BCUT2D eigenvalue weighted by atomic mass is 16.3. The van der Waals surface area contributed by atoms with Gasteiger partial charge in [-0.15, -0.1) is 0 Å². The third kappa shape index (κ3) is 4.15. The Bertz CT molecular complexity index is 314. The van der Waals surface area contributed by atoms with Crippen LogP contribution in [0.4, 0.5) is 0 Å². The molecule has 0 aliphatic rings.